The summed E-state index contributed by atoms with van der Waals surface area (Å²) in [5, 5.41) is 14.2. The van der Waals surface area contributed by atoms with Crippen LogP contribution in [0, 0.1) is 4.77 Å². The van der Waals surface area contributed by atoms with E-state index in [-0.39, 0.29) is 18.4 Å². The highest BCUT2D eigenvalue weighted by Gasteiger charge is 2.22. The second kappa shape index (κ2) is 8.74. The monoisotopic (exact) mass is 401 g/mol. The molecule has 0 saturated heterocycles. The lowest BCUT2D eigenvalue weighted by Gasteiger charge is -2.18. The van der Waals surface area contributed by atoms with Crippen LogP contribution in [0.3, 0.4) is 0 Å². The highest BCUT2D eigenvalue weighted by molar-refractivity contribution is 7.71. The highest BCUT2D eigenvalue weighted by atomic mass is 32.1. The van der Waals surface area contributed by atoms with E-state index >= 15 is 0 Å². The van der Waals surface area contributed by atoms with Crippen LogP contribution in [0.25, 0.3) is 0 Å². The SMILES string of the molecule is Cn1c(CNC(=O)C(Cc2ccccc2)NC(=O)c2cccs2)n[nH]c1=S. The summed E-state index contributed by atoms with van der Waals surface area (Å²) in [6.07, 6.45) is 0.392. The molecule has 0 radical (unpaired) electrons. The fourth-order valence-corrected chi connectivity index (χ4v) is 3.30. The number of amides is 2. The van der Waals surface area contributed by atoms with Gasteiger partial charge in [0, 0.05) is 13.5 Å². The first-order valence-electron chi connectivity index (χ1n) is 8.31. The van der Waals surface area contributed by atoms with Crippen LogP contribution in [0.15, 0.2) is 47.8 Å². The normalized spacial score (nSPS) is 11.7. The molecule has 2 heterocycles. The van der Waals surface area contributed by atoms with Crippen molar-refractivity contribution in [3.05, 3.63) is 68.9 Å². The van der Waals surface area contributed by atoms with Gasteiger partial charge in [0.2, 0.25) is 5.91 Å². The first-order valence-corrected chi connectivity index (χ1v) is 9.59. The standard InChI is InChI=1S/C18H19N5O2S2/c1-23-15(21-22-18(23)26)11-19-16(24)13(10-12-6-3-2-4-7-12)20-17(25)14-8-5-9-27-14/h2-9,13H,10-11H2,1H3,(H,19,24)(H,20,25)(H,22,26). The number of carbonyl (C=O) groups is 2. The fourth-order valence-electron chi connectivity index (χ4n) is 2.52. The second-order valence-electron chi connectivity index (χ2n) is 5.91. The van der Waals surface area contributed by atoms with Gasteiger partial charge in [-0.15, -0.1) is 11.3 Å². The zero-order valence-corrected chi connectivity index (χ0v) is 16.3. The molecule has 140 valence electrons. The molecule has 9 heteroatoms. The van der Waals surface area contributed by atoms with Gasteiger partial charge in [-0.05, 0) is 29.2 Å². The maximum absolute atomic E-state index is 12.7. The molecule has 0 aliphatic heterocycles. The van der Waals surface area contributed by atoms with Gasteiger partial charge in [0.1, 0.15) is 6.04 Å². The van der Waals surface area contributed by atoms with Gasteiger partial charge in [0.05, 0.1) is 11.4 Å². The number of aromatic nitrogens is 3. The Balaban J connectivity index is 1.71. The Labute approximate surface area is 165 Å². The molecule has 1 unspecified atom stereocenters. The molecule has 0 bridgehead atoms. The van der Waals surface area contributed by atoms with Crippen molar-refractivity contribution in [2.24, 2.45) is 7.05 Å². The quantitative estimate of drug-likeness (QED) is 0.529. The Morgan fingerprint density at radius 1 is 1.26 bits per heavy atom. The predicted octanol–water partition coefficient (Wildman–Crippen LogP) is 2.20. The highest BCUT2D eigenvalue weighted by Crippen LogP contribution is 2.10. The van der Waals surface area contributed by atoms with Gasteiger partial charge in [-0.2, -0.15) is 5.10 Å². The Hall–Kier alpha value is -2.78. The van der Waals surface area contributed by atoms with E-state index in [1.54, 1.807) is 23.7 Å². The molecule has 2 aromatic heterocycles. The van der Waals surface area contributed by atoms with Crippen molar-refractivity contribution < 1.29 is 9.59 Å². The molecule has 1 atom stereocenters. The summed E-state index contributed by atoms with van der Waals surface area (Å²) in [4.78, 5) is 25.7. The molecule has 3 N–H and O–H groups in total. The van der Waals surface area contributed by atoms with E-state index in [2.05, 4.69) is 20.8 Å². The number of nitrogens with zero attached hydrogens (tertiary/aromatic N) is 2. The molecule has 27 heavy (non-hydrogen) atoms. The fraction of sp³-hybridized carbons (Fsp3) is 0.222. The Bertz CT molecular complexity index is 963. The minimum atomic E-state index is -0.700. The zero-order chi connectivity index (χ0) is 19.2. The van der Waals surface area contributed by atoms with Crippen molar-refractivity contribution in [3.8, 4) is 0 Å². The first-order chi connectivity index (χ1) is 13.0. The van der Waals surface area contributed by atoms with Crippen LogP contribution < -0.4 is 10.6 Å². The number of nitrogens with one attached hydrogen (secondary N) is 3. The van der Waals surface area contributed by atoms with Crippen LogP contribution >= 0.6 is 23.6 Å². The van der Waals surface area contributed by atoms with Crippen LogP contribution in [0.1, 0.15) is 21.1 Å². The largest absolute Gasteiger partial charge is 0.347 e. The maximum atomic E-state index is 12.7. The van der Waals surface area contributed by atoms with Crippen LogP contribution in [0.4, 0.5) is 0 Å². The average molecular weight is 402 g/mol. The number of aromatic amines is 1. The van der Waals surface area contributed by atoms with Crippen LogP contribution in [-0.4, -0.2) is 32.6 Å². The molecule has 3 rings (SSSR count). The van der Waals surface area contributed by atoms with Crippen molar-refractivity contribution in [1.29, 1.82) is 0 Å². The summed E-state index contributed by atoms with van der Waals surface area (Å²) < 4.78 is 2.16. The summed E-state index contributed by atoms with van der Waals surface area (Å²) in [6, 6.07) is 12.4. The van der Waals surface area contributed by atoms with Crippen molar-refractivity contribution in [2.45, 2.75) is 19.0 Å². The minimum Gasteiger partial charge on any atom is -0.347 e. The lowest BCUT2D eigenvalue weighted by Crippen LogP contribution is -2.47. The molecular weight excluding hydrogens is 382 g/mol. The van der Waals surface area contributed by atoms with Gasteiger partial charge in [0.25, 0.3) is 5.91 Å². The van der Waals surface area contributed by atoms with Gasteiger partial charge in [-0.1, -0.05) is 36.4 Å². The van der Waals surface area contributed by atoms with Crippen molar-refractivity contribution in [1.82, 2.24) is 25.4 Å². The third-order valence-electron chi connectivity index (χ3n) is 4.04. The Morgan fingerprint density at radius 3 is 2.67 bits per heavy atom. The summed E-state index contributed by atoms with van der Waals surface area (Å²) in [5.74, 6) is 0.0633. The third-order valence-corrected chi connectivity index (χ3v) is 5.28. The smallest absolute Gasteiger partial charge is 0.262 e. The number of hydrogen-bond acceptors (Lipinski definition) is 5. The molecular formula is C18H19N5O2S2. The van der Waals surface area contributed by atoms with E-state index < -0.39 is 6.04 Å². The van der Waals surface area contributed by atoms with E-state index in [1.807, 2.05) is 35.7 Å². The summed E-state index contributed by atoms with van der Waals surface area (Å²) in [6.45, 7) is 0.211. The number of H-pyrrole nitrogens is 1. The molecule has 0 aliphatic rings. The van der Waals surface area contributed by atoms with Gasteiger partial charge in [-0.25, -0.2) is 0 Å². The van der Waals surface area contributed by atoms with Crippen LogP contribution in [-0.2, 0) is 24.8 Å². The van der Waals surface area contributed by atoms with Gasteiger partial charge >= 0.3 is 0 Å². The van der Waals surface area contributed by atoms with Crippen molar-refractivity contribution >= 4 is 35.4 Å². The third kappa shape index (κ3) is 4.89. The Kier molecular flexibility index (Phi) is 6.15. The minimum absolute atomic E-state index is 0.211. The lowest BCUT2D eigenvalue weighted by molar-refractivity contribution is -0.123. The number of rotatable bonds is 7. The molecule has 0 fully saturated rings. The van der Waals surface area contributed by atoms with Crippen molar-refractivity contribution in [3.63, 3.8) is 0 Å². The second-order valence-corrected chi connectivity index (χ2v) is 7.25. The van der Waals surface area contributed by atoms with Gasteiger partial charge < -0.3 is 15.2 Å². The van der Waals surface area contributed by atoms with E-state index in [0.29, 0.717) is 21.9 Å². The molecule has 0 aliphatic carbocycles. The van der Waals surface area contributed by atoms with Gasteiger partial charge in [0.15, 0.2) is 10.6 Å². The van der Waals surface area contributed by atoms with E-state index in [0.717, 1.165) is 5.56 Å². The lowest BCUT2D eigenvalue weighted by atomic mass is 10.1. The predicted molar refractivity (Wildman–Crippen MR) is 106 cm³/mol. The molecule has 2 amide bonds. The van der Waals surface area contributed by atoms with Gasteiger partial charge in [-0.3, -0.25) is 14.7 Å². The molecule has 0 saturated carbocycles. The number of carbonyl (C=O) groups excluding carboxylic acids is 2. The summed E-state index contributed by atoms with van der Waals surface area (Å²) in [7, 11) is 1.77. The van der Waals surface area contributed by atoms with E-state index in [4.69, 9.17) is 12.2 Å². The van der Waals surface area contributed by atoms with Crippen LogP contribution in [0.2, 0.25) is 0 Å². The Morgan fingerprint density at radius 2 is 2.04 bits per heavy atom. The topological polar surface area (TPSA) is 91.8 Å². The molecule has 1 aromatic carbocycles. The summed E-state index contributed by atoms with van der Waals surface area (Å²) >= 11 is 6.40. The van der Waals surface area contributed by atoms with Crippen LogP contribution in [0.5, 0.6) is 0 Å². The summed E-state index contributed by atoms with van der Waals surface area (Å²) in [5.41, 5.74) is 0.960. The first kappa shape index (κ1) is 19.0. The number of hydrogen-bond donors (Lipinski definition) is 3. The number of thiophene rings is 1. The average Bonchev–Trinajstić information content (AvgIpc) is 3.32. The van der Waals surface area contributed by atoms with E-state index in [9.17, 15) is 9.59 Å². The maximum Gasteiger partial charge on any atom is 0.262 e. The molecule has 7 nitrogen and oxygen atoms in total. The molecule has 0 spiro atoms. The number of benzene rings is 1. The molecule has 3 aromatic rings. The zero-order valence-electron chi connectivity index (χ0n) is 14.6. The van der Waals surface area contributed by atoms with E-state index in [1.165, 1.54) is 11.3 Å². The van der Waals surface area contributed by atoms with Crippen molar-refractivity contribution in [2.75, 3.05) is 0 Å².